The van der Waals surface area contributed by atoms with Crippen molar-refractivity contribution in [2.75, 3.05) is 19.7 Å². The van der Waals surface area contributed by atoms with Crippen LogP contribution in [0.2, 0.25) is 0 Å². The molecule has 2 atom stereocenters. The van der Waals surface area contributed by atoms with Crippen LogP contribution in [0.3, 0.4) is 0 Å². The standard InChI is InChI=1S/C13H23NO2/c1-2-11-10-14(8-9-16-11)12-6-4-3-5-7-13(12)15/h11-12H,2-10H2,1H3. The van der Waals surface area contributed by atoms with Crippen molar-refractivity contribution in [1.29, 1.82) is 0 Å². The number of Topliss-reactive ketones (excluding diaryl/α,β-unsaturated/α-hetero) is 1. The maximum Gasteiger partial charge on any atom is 0.149 e. The zero-order valence-electron chi connectivity index (χ0n) is 10.3. The van der Waals surface area contributed by atoms with Crippen molar-refractivity contribution in [1.82, 2.24) is 4.90 Å². The summed E-state index contributed by atoms with van der Waals surface area (Å²) in [5.74, 6) is 0.467. The quantitative estimate of drug-likeness (QED) is 0.673. The molecule has 1 aliphatic carbocycles. The molecule has 0 amide bonds. The summed E-state index contributed by atoms with van der Waals surface area (Å²) in [6, 6.07) is 0.195. The van der Waals surface area contributed by atoms with Gasteiger partial charge in [-0.25, -0.2) is 0 Å². The third-order valence-corrected chi connectivity index (χ3v) is 3.84. The van der Waals surface area contributed by atoms with E-state index in [1.165, 1.54) is 12.8 Å². The van der Waals surface area contributed by atoms with Gasteiger partial charge >= 0.3 is 0 Å². The second kappa shape index (κ2) is 5.78. The van der Waals surface area contributed by atoms with E-state index in [1.54, 1.807) is 0 Å². The highest BCUT2D eigenvalue weighted by molar-refractivity contribution is 5.84. The van der Waals surface area contributed by atoms with Crippen LogP contribution in [-0.4, -0.2) is 42.5 Å². The Morgan fingerprint density at radius 1 is 1.38 bits per heavy atom. The molecule has 1 heterocycles. The van der Waals surface area contributed by atoms with E-state index in [9.17, 15) is 4.79 Å². The summed E-state index contributed by atoms with van der Waals surface area (Å²) < 4.78 is 5.66. The Balaban J connectivity index is 1.95. The molecule has 1 saturated carbocycles. The zero-order valence-corrected chi connectivity index (χ0v) is 10.3. The first-order valence-corrected chi connectivity index (χ1v) is 6.69. The predicted molar refractivity (Wildman–Crippen MR) is 63.5 cm³/mol. The van der Waals surface area contributed by atoms with E-state index in [2.05, 4.69) is 11.8 Å². The predicted octanol–water partition coefficient (Wildman–Crippen LogP) is 2.00. The molecule has 2 fully saturated rings. The van der Waals surface area contributed by atoms with Crippen molar-refractivity contribution in [2.24, 2.45) is 0 Å². The van der Waals surface area contributed by atoms with E-state index in [0.29, 0.717) is 11.9 Å². The fraction of sp³-hybridized carbons (Fsp3) is 0.923. The summed E-state index contributed by atoms with van der Waals surface area (Å²) in [5.41, 5.74) is 0. The lowest BCUT2D eigenvalue weighted by Gasteiger charge is -2.37. The topological polar surface area (TPSA) is 29.5 Å². The fourth-order valence-corrected chi connectivity index (χ4v) is 2.80. The van der Waals surface area contributed by atoms with Gasteiger partial charge in [-0.3, -0.25) is 9.69 Å². The van der Waals surface area contributed by atoms with Gasteiger partial charge in [-0.15, -0.1) is 0 Å². The van der Waals surface area contributed by atoms with Crippen LogP contribution < -0.4 is 0 Å². The summed E-state index contributed by atoms with van der Waals surface area (Å²) in [6.07, 6.45) is 6.78. The molecule has 0 aromatic carbocycles. The number of carbonyl (C=O) groups excluding carboxylic acids is 1. The number of hydrogen-bond donors (Lipinski definition) is 0. The molecule has 3 nitrogen and oxygen atoms in total. The summed E-state index contributed by atoms with van der Waals surface area (Å²) in [7, 11) is 0. The van der Waals surface area contributed by atoms with Gasteiger partial charge in [0.05, 0.1) is 18.8 Å². The van der Waals surface area contributed by atoms with Gasteiger partial charge in [-0.05, 0) is 19.3 Å². The number of morpholine rings is 1. The summed E-state index contributed by atoms with van der Waals surface area (Å²) in [4.78, 5) is 14.4. The SMILES string of the molecule is CCC1CN(C2CCCCCC2=O)CCO1. The van der Waals surface area contributed by atoms with Gasteiger partial charge in [0.15, 0.2) is 0 Å². The highest BCUT2D eigenvalue weighted by Crippen LogP contribution is 2.21. The third kappa shape index (κ3) is 2.83. The molecule has 1 saturated heterocycles. The van der Waals surface area contributed by atoms with Crippen molar-refractivity contribution in [3.8, 4) is 0 Å². The molecule has 0 N–H and O–H groups in total. The van der Waals surface area contributed by atoms with Crippen molar-refractivity contribution in [2.45, 2.75) is 57.6 Å². The molecule has 16 heavy (non-hydrogen) atoms. The first kappa shape index (κ1) is 12.1. The molecular weight excluding hydrogens is 202 g/mol. The molecule has 0 bridgehead atoms. The van der Waals surface area contributed by atoms with Crippen LogP contribution in [0.25, 0.3) is 0 Å². The van der Waals surface area contributed by atoms with E-state index in [1.807, 2.05) is 0 Å². The van der Waals surface area contributed by atoms with Crippen molar-refractivity contribution in [3.63, 3.8) is 0 Å². The zero-order chi connectivity index (χ0) is 11.4. The Kier molecular flexibility index (Phi) is 4.36. The summed E-state index contributed by atoms with van der Waals surface area (Å²) >= 11 is 0. The Bertz CT molecular complexity index is 242. The normalized spacial score (nSPS) is 33.7. The van der Waals surface area contributed by atoms with Crippen LogP contribution in [0.1, 0.15) is 45.4 Å². The van der Waals surface area contributed by atoms with Gasteiger partial charge in [-0.1, -0.05) is 19.8 Å². The minimum Gasteiger partial charge on any atom is -0.376 e. The van der Waals surface area contributed by atoms with E-state index in [0.717, 1.165) is 45.4 Å². The van der Waals surface area contributed by atoms with Gasteiger partial charge in [0, 0.05) is 19.5 Å². The molecule has 2 unspecified atom stereocenters. The van der Waals surface area contributed by atoms with Crippen LogP contribution in [-0.2, 0) is 9.53 Å². The van der Waals surface area contributed by atoms with Gasteiger partial charge in [-0.2, -0.15) is 0 Å². The van der Waals surface area contributed by atoms with E-state index in [-0.39, 0.29) is 6.04 Å². The van der Waals surface area contributed by atoms with Crippen LogP contribution in [0.15, 0.2) is 0 Å². The number of ether oxygens (including phenoxy) is 1. The van der Waals surface area contributed by atoms with Gasteiger partial charge < -0.3 is 4.74 Å². The molecular formula is C13H23NO2. The van der Waals surface area contributed by atoms with Crippen molar-refractivity contribution in [3.05, 3.63) is 0 Å². The largest absolute Gasteiger partial charge is 0.376 e. The second-order valence-corrected chi connectivity index (χ2v) is 4.98. The molecule has 92 valence electrons. The molecule has 1 aliphatic heterocycles. The number of rotatable bonds is 2. The lowest BCUT2D eigenvalue weighted by Crippen LogP contribution is -2.50. The monoisotopic (exact) mass is 225 g/mol. The molecule has 2 aliphatic rings. The number of nitrogens with zero attached hydrogens (tertiary/aromatic N) is 1. The highest BCUT2D eigenvalue weighted by atomic mass is 16.5. The van der Waals surface area contributed by atoms with Gasteiger partial charge in [0.1, 0.15) is 5.78 Å². The van der Waals surface area contributed by atoms with E-state index in [4.69, 9.17) is 4.74 Å². The minimum absolute atomic E-state index is 0.195. The van der Waals surface area contributed by atoms with Gasteiger partial charge in [0.25, 0.3) is 0 Å². The first-order chi connectivity index (χ1) is 7.81. The van der Waals surface area contributed by atoms with E-state index < -0.39 is 0 Å². The lowest BCUT2D eigenvalue weighted by molar-refractivity contribution is -0.127. The minimum atomic E-state index is 0.195. The van der Waals surface area contributed by atoms with Crippen molar-refractivity contribution < 1.29 is 9.53 Å². The number of carbonyl (C=O) groups is 1. The molecule has 0 aromatic heterocycles. The Morgan fingerprint density at radius 3 is 3.06 bits per heavy atom. The maximum atomic E-state index is 12.0. The average Bonchev–Trinajstić information content (AvgIpc) is 2.54. The highest BCUT2D eigenvalue weighted by Gasteiger charge is 2.30. The summed E-state index contributed by atoms with van der Waals surface area (Å²) in [5, 5.41) is 0. The van der Waals surface area contributed by atoms with Crippen LogP contribution in [0, 0.1) is 0 Å². The molecule has 3 heteroatoms. The summed E-state index contributed by atoms with van der Waals surface area (Å²) in [6.45, 7) is 4.84. The van der Waals surface area contributed by atoms with E-state index >= 15 is 0 Å². The second-order valence-electron chi connectivity index (χ2n) is 4.98. The molecule has 0 radical (unpaired) electrons. The van der Waals surface area contributed by atoms with Crippen LogP contribution >= 0.6 is 0 Å². The fourth-order valence-electron chi connectivity index (χ4n) is 2.80. The Morgan fingerprint density at radius 2 is 2.25 bits per heavy atom. The van der Waals surface area contributed by atoms with Gasteiger partial charge in [0.2, 0.25) is 0 Å². The first-order valence-electron chi connectivity index (χ1n) is 6.69. The molecule has 2 rings (SSSR count). The number of ketones is 1. The molecule has 0 spiro atoms. The van der Waals surface area contributed by atoms with Crippen LogP contribution in [0.5, 0.6) is 0 Å². The Hall–Kier alpha value is -0.410. The lowest BCUT2D eigenvalue weighted by atomic mass is 10.0. The smallest absolute Gasteiger partial charge is 0.149 e. The Labute approximate surface area is 98.1 Å². The van der Waals surface area contributed by atoms with Crippen LogP contribution in [0.4, 0.5) is 0 Å². The maximum absolute atomic E-state index is 12.0. The average molecular weight is 225 g/mol. The third-order valence-electron chi connectivity index (χ3n) is 3.84. The molecule has 0 aromatic rings. The number of hydrogen-bond acceptors (Lipinski definition) is 3. The van der Waals surface area contributed by atoms with Crippen molar-refractivity contribution >= 4 is 5.78 Å².